The zero-order valence-corrected chi connectivity index (χ0v) is 13.8. The third kappa shape index (κ3) is 5.61. The molecule has 0 aliphatic heterocycles. The Bertz CT molecular complexity index is 422. The Morgan fingerprint density at radius 1 is 1.05 bits per heavy atom. The zero-order chi connectivity index (χ0) is 15.7. The summed E-state index contributed by atoms with van der Waals surface area (Å²) in [5, 5.41) is 3.81. The molecule has 0 amide bonds. The number of ether oxygens (including phenoxy) is 4. The van der Waals surface area contributed by atoms with Gasteiger partial charge in [-0.3, -0.25) is 0 Å². The van der Waals surface area contributed by atoms with E-state index in [1.54, 1.807) is 26.4 Å². The van der Waals surface area contributed by atoms with Gasteiger partial charge in [0.15, 0.2) is 6.29 Å². The van der Waals surface area contributed by atoms with Crippen molar-refractivity contribution in [2.24, 2.45) is 0 Å². The number of hydrogen-bond acceptors (Lipinski definition) is 5. The largest absolute Gasteiger partial charge is 0.495 e. The minimum absolute atomic E-state index is 0.202. The molecule has 0 radical (unpaired) electrons. The highest BCUT2D eigenvalue weighted by Crippen LogP contribution is 2.35. The van der Waals surface area contributed by atoms with E-state index < -0.39 is 0 Å². The van der Waals surface area contributed by atoms with E-state index in [0.717, 1.165) is 12.1 Å². The van der Waals surface area contributed by atoms with Crippen molar-refractivity contribution >= 4 is 17.3 Å². The summed E-state index contributed by atoms with van der Waals surface area (Å²) in [6.07, 6.45) is 0.529. The van der Waals surface area contributed by atoms with Crippen molar-refractivity contribution in [2.75, 3.05) is 39.3 Å². The van der Waals surface area contributed by atoms with Crippen molar-refractivity contribution in [3.63, 3.8) is 0 Å². The first-order chi connectivity index (χ1) is 10.2. The van der Waals surface area contributed by atoms with E-state index in [9.17, 15) is 0 Å². The van der Waals surface area contributed by atoms with E-state index in [1.807, 2.05) is 13.8 Å². The maximum absolute atomic E-state index is 6.13. The highest BCUT2D eigenvalue weighted by atomic mass is 35.5. The van der Waals surface area contributed by atoms with Crippen molar-refractivity contribution in [1.29, 1.82) is 0 Å². The molecule has 0 aliphatic carbocycles. The van der Waals surface area contributed by atoms with Crippen LogP contribution in [0.2, 0.25) is 5.02 Å². The molecule has 6 heteroatoms. The predicted molar refractivity (Wildman–Crippen MR) is 84.7 cm³/mol. The predicted octanol–water partition coefficient (Wildman–Crippen LogP) is 3.56. The molecule has 1 aromatic carbocycles. The number of hydrogen-bond donors (Lipinski definition) is 1. The first-order valence-electron chi connectivity index (χ1n) is 7.04. The van der Waals surface area contributed by atoms with Crippen LogP contribution in [0, 0.1) is 0 Å². The fourth-order valence-electron chi connectivity index (χ4n) is 1.91. The summed E-state index contributed by atoms with van der Waals surface area (Å²) in [5.74, 6) is 1.26. The van der Waals surface area contributed by atoms with Crippen molar-refractivity contribution in [3.05, 3.63) is 17.2 Å². The van der Waals surface area contributed by atoms with Crippen LogP contribution < -0.4 is 14.8 Å². The average Bonchev–Trinajstić information content (AvgIpc) is 2.48. The van der Waals surface area contributed by atoms with Gasteiger partial charge in [0.1, 0.15) is 11.5 Å². The smallest absolute Gasteiger partial charge is 0.159 e. The Labute approximate surface area is 131 Å². The van der Waals surface area contributed by atoms with Gasteiger partial charge in [0.25, 0.3) is 0 Å². The summed E-state index contributed by atoms with van der Waals surface area (Å²) in [7, 11) is 3.18. The molecule has 0 saturated carbocycles. The monoisotopic (exact) mass is 317 g/mol. The van der Waals surface area contributed by atoms with Crippen LogP contribution in [-0.4, -0.2) is 40.3 Å². The van der Waals surface area contributed by atoms with Gasteiger partial charge < -0.3 is 24.3 Å². The lowest BCUT2D eigenvalue weighted by Gasteiger charge is -2.18. The van der Waals surface area contributed by atoms with Gasteiger partial charge in [-0.05, 0) is 19.9 Å². The maximum atomic E-state index is 6.13. The standard InChI is InChI=1S/C15H24ClNO4/c1-5-20-15(21-6-2)7-8-17-12-9-11(16)13(18-3)10-14(12)19-4/h9-10,15,17H,5-8H2,1-4H3. The van der Waals surface area contributed by atoms with Gasteiger partial charge >= 0.3 is 0 Å². The lowest BCUT2D eigenvalue weighted by molar-refractivity contribution is -0.137. The third-order valence-electron chi connectivity index (χ3n) is 2.87. The first-order valence-corrected chi connectivity index (χ1v) is 7.42. The number of nitrogens with one attached hydrogen (secondary N) is 1. The summed E-state index contributed by atoms with van der Waals surface area (Å²) in [6, 6.07) is 3.54. The average molecular weight is 318 g/mol. The van der Waals surface area contributed by atoms with Gasteiger partial charge in [0.05, 0.1) is 24.9 Å². The van der Waals surface area contributed by atoms with Crippen LogP contribution in [0.25, 0.3) is 0 Å². The Morgan fingerprint density at radius 3 is 2.19 bits per heavy atom. The number of halogens is 1. The lowest BCUT2D eigenvalue weighted by atomic mass is 10.2. The number of rotatable bonds is 10. The van der Waals surface area contributed by atoms with Gasteiger partial charge in [-0.2, -0.15) is 0 Å². The van der Waals surface area contributed by atoms with Crippen LogP contribution in [0.3, 0.4) is 0 Å². The second kappa shape index (κ2) is 9.71. The van der Waals surface area contributed by atoms with E-state index in [-0.39, 0.29) is 6.29 Å². The topological polar surface area (TPSA) is 49.0 Å². The molecule has 0 fully saturated rings. The van der Waals surface area contributed by atoms with E-state index in [1.165, 1.54) is 0 Å². The maximum Gasteiger partial charge on any atom is 0.159 e. The second-order valence-corrected chi connectivity index (χ2v) is 4.65. The molecule has 0 saturated heterocycles. The van der Waals surface area contributed by atoms with Crippen LogP contribution in [0.5, 0.6) is 11.5 Å². The third-order valence-corrected chi connectivity index (χ3v) is 3.17. The summed E-state index contributed by atoms with van der Waals surface area (Å²) in [4.78, 5) is 0. The van der Waals surface area contributed by atoms with Crippen molar-refractivity contribution in [1.82, 2.24) is 0 Å². The summed E-state index contributed by atoms with van der Waals surface area (Å²) in [5.41, 5.74) is 0.815. The SMILES string of the molecule is CCOC(CCNc1cc(Cl)c(OC)cc1OC)OCC. The quantitative estimate of drug-likeness (QED) is 0.669. The minimum atomic E-state index is -0.202. The van der Waals surface area contributed by atoms with Gasteiger partial charge in [0, 0.05) is 32.2 Å². The molecule has 0 heterocycles. The first kappa shape index (κ1) is 17.9. The highest BCUT2D eigenvalue weighted by molar-refractivity contribution is 6.32. The summed E-state index contributed by atoms with van der Waals surface area (Å²) >= 11 is 6.13. The summed E-state index contributed by atoms with van der Waals surface area (Å²) in [6.45, 7) is 5.84. The molecular weight excluding hydrogens is 294 g/mol. The Morgan fingerprint density at radius 2 is 1.67 bits per heavy atom. The van der Waals surface area contributed by atoms with Gasteiger partial charge in [-0.15, -0.1) is 0 Å². The van der Waals surface area contributed by atoms with E-state index in [2.05, 4.69) is 5.32 Å². The fraction of sp³-hybridized carbons (Fsp3) is 0.600. The molecule has 0 aliphatic rings. The van der Waals surface area contributed by atoms with Crippen LogP contribution in [-0.2, 0) is 9.47 Å². The second-order valence-electron chi connectivity index (χ2n) is 4.24. The zero-order valence-electron chi connectivity index (χ0n) is 13.1. The van der Waals surface area contributed by atoms with Gasteiger partial charge in [-0.1, -0.05) is 11.6 Å². The Balaban J connectivity index is 2.63. The van der Waals surface area contributed by atoms with Gasteiger partial charge in [0.2, 0.25) is 0 Å². The Hall–Kier alpha value is -1.17. The molecule has 0 atom stereocenters. The van der Waals surface area contributed by atoms with Crippen LogP contribution in [0.4, 0.5) is 5.69 Å². The fourth-order valence-corrected chi connectivity index (χ4v) is 2.15. The number of methoxy groups -OCH3 is 2. The normalized spacial score (nSPS) is 10.8. The molecule has 0 aromatic heterocycles. The highest BCUT2D eigenvalue weighted by Gasteiger charge is 2.11. The van der Waals surface area contributed by atoms with E-state index >= 15 is 0 Å². The number of anilines is 1. The molecule has 0 unspecified atom stereocenters. The minimum Gasteiger partial charge on any atom is -0.495 e. The van der Waals surface area contributed by atoms with Gasteiger partial charge in [-0.25, -0.2) is 0 Å². The van der Waals surface area contributed by atoms with Crippen molar-refractivity contribution in [2.45, 2.75) is 26.6 Å². The van der Waals surface area contributed by atoms with Crippen molar-refractivity contribution in [3.8, 4) is 11.5 Å². The van der Waals surface area contributed by atoms with Crippen LogP contribution in [0.15, 0.2) is 12.1 Å². The molecule has 5 nitrogen and oxygen atoms in total. The Kier molecular flexibility index (Phi) is 8.27. The van der Waals surface area contributed by atoms with Crippen LogP contribution >= 0.6 is 11.6 Å². The molecule has 1 aromatic rings. The molecular formula is C15H24ClNO4. The van der Waals surface area contributed by atoms with Crippen molar-refractivity contribution < 1.29 is 18.9 Å². The molecule has 0 spiro atoms. The van der Waals surface area contributed by atoms with E-state index in [4.69, 9.17) is 30.5 Å². The molecule has 1 rings (SSSR count). The van der Waals surface area contributed by atoms with E-state index in [0.29, 0.717) is 36.3 Å². The molecule has 0 bridgehead atoms. The number of benzene rings is 1. The summed E-state index contributed by atoms with van der Waals surface area (Å²) < 4.78 is 21.5. The van der Waals surface area contributed by atoms with Crippen LogP contribution in [0.1, 0.15) is 20.3 Å². The molecule has 1 N–H and O–H groups in total. The lowest BCUT2D eigenvalue weighted by Crippen LogP contribution is -2.21. The molecule has 21 heavy (non-hydrogen) atoms. The molecule has 120 valence electrons.